The number of aromatic nitrogens is 3. The molecule has 0 unspecified atom stereocenters. The molecular weight excluding hydrogens is 202 g/mol. The predicted octanol–water partition coefficient (Wildman–Crippen LogP) is 2.78. The number of rotatable bonds is 2. The minimum Gasteiger partial charge on any atom is -0.364 e. The van der Waals surface area contributed by atoms with Gasteiger partial charge >= 0.3 is 0 Å². The highest BCUT2D eigenvalue weighted by Gasteiger charge is 2.07. The van der Waals surface area contributed by atoms with Gasteiger partial charge in [-0.05, 0) is 24.1 Å². The van der Waals surface area contributed by atoms with E-state index in [4.69, 9.17) is 4.52 Å². The van der Waals surface area contributed by atoms with Crippen LogP contribution in [0.2, 0.25) is 0 Å². The molecule has 0 spiro atoms. The van der Waals surface area contributed by atoms with Gasteiger partial charge in [0, 0.05) is 6.07 Å². The van der Waals surface area contributed by atoms with Gasteiger partial charge in [-0.3, -0.25) is 0 Å². The summed E-state index contributed by atoms with van der Waals surface area (Å²) in [4.78, 5) is 7.69. The third-order valence-corrected chi connectivity index (χ3v) is 2.63. The van der Waals surface area contributed by atoms with Gasteiger partial charge in [-0.25, -0.2) is 4.98 Å². The maximum absolute atomic E-state index is 4.80. The normalized spacial score (nSPS) is 11.1. The van der Waals surface area contributed by atoms with Crippen molar-refractivity contribution in [1.82, 2.24) is 15.1 Å². The molecule has 1 N–H and O–H groups in total. The molecular formula is C12H11N3O. The number of aryl methyl sites for hydroxylation is 1. The summed E-state index contributed by atoms with van der Waals surface area (Å²) in [7, 11) is 0. The molecule has 0 atom stereocenters. The summed E-state index contributed by atoms with van der Waals surface area (Å²) in [6.07, 6.45) is 2.56. The number of nitrogens with one attached hydrogen (secondary N) is 1. The van der Waals surface area contributed by atoms with Crippen molar-refractivity contribution in [3.05, 3.63) is 36.1 Å². The molecule has 4 nitrogen and oxygen atoms in total. The molecule has 2 aromatic heterocycles. The maximum Gasteiger partial charge on any atom is 0.160 e. The Balaban J connectivity index is 2.16. The molecule has 0 bridgehead atoms. The van der Waals surface area contributed by atoms with E-state index in [1.54, 1.807) is 12.3 Å². The molecule has 3 aromatic rings. The first kappa shape index (κ1) is 9.15. The van der Waals surface area contributed by atoms with Gasteiger partial charge in [-0.15, -0.1) is 0 Å². The molecule has 2 heterocycles. The molecule has 4 heteroatoms. The van der Waals surface area contributed by atoms with Crippen LogP contribution in [-0.2, 0) is 6.42 Å². The lowest BCUT2D eigenvalue weighted by Crippen LogP contribution is -1.78. The Morgan fingerprint density at radius 2 is 2.25 bits per heavy atom. The Morgan fingerprint density at radius 3 is 3.00 bits per heavy atom. The average Bonchev–Trinajstić information content (AvgIpc) is 2.96. The van der Waals surface area contributed by atoms with Gasteiger partial charge in [0.2, 0.25) is 0 Å². The molecule has 80 valence electrons. The lowest BCUT2D eigenvalue weighted by Gasteiger charge is -1.93. The van der Waals surface area contributed by atoms with Crippen molar-refractivity contribution < 1.29 is 4.52 Å². The fraction of sp³-hybridized carbons (Fsp3) is 0.167. The summed E-state index contributed by atoms with van der Waals surface area (Å²) >= 11 is 0. The van der Waals surface area contributed by atoms with Crippen molar-refractivity contribution in [2.75, 3.05) is 0 Å². The second kappa shape index (κ2) is 3.48. The fourth-order valence-corrected chi connectivity index (χ4v) is 1.73. The van der Waals surface area contributed by atoms with E-state index in [1.165, 1.54) is 5.56 Å². The first-order chi connectivity index (χ1) is 7.86. The van der Waals surface area contributed by atoms with Crippen LogP contribution in [0.3, 0.4) is 0 Å². The van der Waals surface area contributed by atoms with Crippen molar-refractivity contribution in [2.45, 2.75) is 13.3 Å². The molecule has 0 aliphatic heterocycles. The van der Waals surface area contributed by atoms with Crippen LogP contribution in [0.1, 0.15) is 12.5 Å². The van der Waals surface area contributed by atoms with E-state index in [0.717, 1.165) is 29.0 Å². The Morgan fingerprint density at radius 1 is 1.31 bits per heavy atom. The predicted molar refractivity (Wildman–Crippen MR) is 61.0 cm³/mol. The summed E-state index contributed by atoms with van der Waals surface area (Å²) in [5.41, 5.74) is 4.02. The number of nitrogens with zero attached hydrogens (tertiary/aromatic N) is 2. The smallest absolute Gasteiger partial charge is 0.160 e. The lowest BCUT2D eigenvalue weighted by molar-refractivity contribution is 0.422. The number of imidazole rings is 1. The highest BCUT2D eigenvalue weighted by Crippen LogP contribution is 2.19. The largest absolute Gasteiger partial charge is 0.364 e. The Hall–Kier alpha value is -2.10. The van der Waals surface area contributed by atoms with Gasteiger partial charge < -0.3 is 9.51 Å². The quantitative estimate of drug-likeness (QED) is 0.712. The SMILES string of the molecule is CCc1ccc2nc(-c3ccon3)[nH]c2c1. The van der Waals surface area contributed by atoms with Crippen molar-refractivity contribution >= 4 is 11.0 Å². The Labute approximate surface area is 92.3 Å². The molecule has 0 saturated heterocycles. The van der Waals surface area contributed by atoms with E-state index in [1.807, 2.05) is 6.07 Å². The summed E-state index contributed by atoms with van der Waals surface area (Å²) in [6.45, 7) is 2.13. The minimum atomic E-state index is 0.731. The van der Waals surface area contributed by atoms with E-state index in [-0.39, 0.29) is 0 Å². The van der Waals surface area contributed by atoms with Crippen LogP contribution in [0.5, 0.6) is 0 Å². The van der Waals surface area contributed by atoms with E-state index in [9.17, 15) is 0 Å². The third kappa shape index (κ3) is 1.39. The molecule has 0 aliphatic rings. The monoisotopic (exact) mass is 213 g/mol. The zero-order valence-electron chi connectivity index (χ0n) is 8.90. The number of aromatic amines is 1. The second-order valence-corrected chi connectivity index (χ2v) is 3.68. The molecule has 0 aliphatic carbocycles. The van der Waals surface area contributed by atoms with Crippen LogP contribution < -0.4 is 0 Å². The van der Waals surface area contributed by atoms with Gasteiger partial charge in [0.25, 0.3) is 0 Å². The molecule has 0 fully saturated rings. The van der Waals surface area contributed by atoms with Gasteiger partial charge in [0.05, 0.1) is 11.0 Å². The van der Waals surface area contributed by atoms with Crippen LogP contribution in [-0.4, -0.2) is 15.1 Å². The van der Waals surface area contributed by atoms with E-state index < -0.39 is 0 Å². The van der Waals surface area contributed by atoms with Gasteiger partial charge in [-0.2, -0.15) is 0 Å². The zero-order valence-corrected chi connectivity index (χ0v) is 8.90. The van der Waals surface area contributed by atoms with E-state index in [0.29, 0.717) is 0 Å². The maximum atomic E-state index is 4.80. The minimum absolute atomic E-state index is 0.731. The lowest BCUT2D eigenvalue weighted by atomic mass is 10.1. The van der Waals surface area contributed by atoms with Crippen molar-refractivity contribution in [3.63, 3.8) is 0 Å². The second-order valence-electron chi connectivity index (χ2n) is 3.68. The van der Waals surface area contributed by atoms with Gasteiger partial charge in [0.1, 0.15) is 12.0 Å². The van der Waals surface area contributed by atoms with Crippen molar-refractivity contribution in [1.29, 1.82) is 0 Å². The number of H-pyrrole nitrogens is 1. The van der Waals surface area contributed by atoms with Crippen LogP contribution >= 0.6 is 0 Å². The number of hydrogen-bond donors (Lipinski definition) is 1. The summed E-state index contributed by atoms with van der Waals surface area (Å²) in [6, 6.07) is 8.02. The van der Waals surface area contributed by atoms with Crippen LogP contribution in [0.4, 0.5) is 0 Å². The average molecular weight is 213 g/mol. The molecule has 3 rings (SSSR count). The van der Waals surface area contributed by atoms with Crippen LogP contribution in [0, 0.1) is 0 Å². The topological polar surface area (TPSA) is 54.7 Å². The molecule has 0 amide bonds. The highest BCUT2D eigenvalue weighted by atomic mass is 16.5. The van der Waals surface area contributed by atoms with E-state index in [2.05, 4.69) is 34.2 Å². The summed E-state index contributed by atoms with van der Waals surface area (Å²) in [5, 5.41) is 3.86. The number of hydrogen-bond acceptors (Lipinski definition) is 3. The van der Waals surface area contributed by atoms with Crippen LogP contribution in [0.25, 0.3) is 22.6 Å². The molecule has 1 aromatic carbocycles. The number of benzene rings is 1. The van der Waals surface area contributed by atoms with Gasteiger partial charge in [0.15, 0.2) is 5.82 Å². The van der Waals surface area contributed by atoms with E-state index >= 15 is 0 Å². The first-order valence-corrected chi connectivity index (χ1v) is 5.26. The molecule has 16 heavy (non-hydrogen) atoms. The number of fused-ring (bicyclic) bond motifs is 1. The van der Waals surface area contributed by atoms with Crippen molar-refractivity contribution in [2.24, 2.45) is 0 Å². The molecule has 0 saturated carbocycles. The summed E-state index contributed by atoms with van der Waals surface area (Å²) in [5.74, 6) is 0.747. The molecule has 0 radical (unpaired) electrons. The summed E-state index contributed by atoms with van der Waals surface area (Å²) < 4.78 is 4.80. The third-order valence-electron chi connectivity index (χ3n) is 2.63. The first-order valence-electron chi connectivity index (χ1n) is 5.26. The van der Waals surface area contributed by atoms with Crippen molar-refractivity contribution in [3.8, 4) is 11.5 Å². The zero-order chi connectivity index (χ0) is 11.0. The standard InChI is InChI=1S/C12H11N3O/c1-2-8-3-4-9-11(7-8)14-12(13-9)10-5-6-16-15-10/h3-7H,2H2,1H3,(H,13,14). The Kier molecular flexibility index (Phi) is 1.99. The Bertz CT molecular complexity index is 610. The fourth-order valence-electron chi connectivity index (χ4n) is 1.73. The van der Waals surface area contributed by atoms with Crippen LogP contribution in [0.15, 0.2) is 35.1 Å². The highest BCUT2D eigenvalue weighted by molar-refractivity contribution is 5.79. The van der Waals surface area contributed by atoms with Gasteiger partial charge in [-0.1, -0.05) is 18.1 Å².